The van der Waals surface area contributed by atoms with Crippen LogP contribution in [0, 0.1) is 0 Å². The Bertz CT molecular complexity index is 366. The molecule has 1 rings (SSSR count). The molecule has 0 atom stereocenters. The van der Waals surface area contributed by atoms with Crippen molar-refractivity contribution in [3.63, 3.8) is 0 Å². The summed E-state index contributed by atoms with van der Waals surface area (Å²) in [5.74, 6) is -0.229. The molecule has 0 aromatic rings. The van der Waals surface area contributed by atoms with E-state index in [4.69, 9.17) is 11.3 Å². The van der Waals surface area contributed by atoms with Crippen LogP contribution in [0.25, 0.3) is 10.4 Å². The van der Waals surface area contributed by atoms with Gasteiger partial charge in [-0.1, -0.05) is 5.11 Å². The van der Waals surface area contributed by atoms with Crippen LogP contribution in [-0.2, 0) is 10.0 Å². The van der Waals surface area contributed by atoms with Crippen LogP contribution in [0.1, 0.15) is 0 Å². The van der Waals surface area contributed by atoms with Gasteiger partial charge in [-0.25, -0.2) is 12.7 Å². The van der Waals surface area contributed by atoms with Gasteiger partial charge in [-0.05, 0) is 5.53 Å². The SMILES string of the molecule is [N-]=[N+]=NCN1C(N)=NCCS1(=O)=O. The Morgan fingerprint density at radius 2 is 2.46 bits per heavy atom. The summed E-state index contributed by atoms with van der Waals surface area (Å²) in [5.41, 5.74) is 13.3. The molecule has 13 heavy (non-hydrogen) atoms. The van der Waals surface area contributed by atoms with Crippen LogP contribution < -0.4 is 5.73 Å². The lowest BCUT2D eigenvalue weighted by atomic mass is 10.7. The lowest BCUT2D eigenvalue weighted by Crippen LogP contribution is -2.46. The Hall–Kier alpha value is -1.47. The molecule has 0 aromatic carbocycles. The van der Waals surface area contributed by atoms with Crippen molar-refractivity contribution in [3.05, 3.63) is 10.4 Å². The summed E-state index contributed by atoms with van der Waals surface area (Å²) in [5, 5.41) is 3.11. The predicted molar refractivity (Wildman–Crippen MR) is 46.1 cm³/mol. The molecule has 8 nitrogen and oxygen atoms in total. The highest BCUT2D eigenvalue weighted by Gasteiger charge is 2.26. The normalized spacial score (nSPS) is 20.3. The fourth-order valence-electron chi connectivity index (χ4n) is 0.853. The fraction of sp³-hybridized carbons (Fsp3) is 0.750. The van der Waals surface area contributed by atoms with Crippen molar-refractivity contribution in [2.75, 3.05) is 19.0 Å². The van der Waals surface area contributed by atoms with E-state index >= 15 is 0 Å². The quantitative estimate of drug-likeness (QED) is 0.360. The standard InChI is InChI=1S/C4H8N6O2S/c5-4-7-1-2-13(11,12)10(4)3-8-9-6/h1-3H2,(H2,5,7). The highest BCUT2D eigenvalue weighted by atomic mass is 32.2. The van der Waals surface area contributed by atoms with Gasteiger partial charge in [-0.3, -0.25) is 4.99 Å². The van der Waals surface area contributed by atoms with E-state index in [-0.39, 0.29) is 24.9 Å². The third-order valence-corrected chi connectivity index (χ3v) is 3.14. The van der Waals surface area contributed by atoms with Crippen LogP contribution in [0.3, 0.4) is 0 Å². The van der Waals surface area contributed by atoms with Crippen molar-refractivity contribution in [1.82, 2.24) is 4.31 Å². The zero-order chi connectivity index (χ0) is 9.90. The van der Waals surface area contributed by atoms with Gasteiger partial charge >= 0.3 is 0 Å². The third-order valence-electron chi connectivity index (χ3n) is 1.47. The first-order chi connectivity index (χ1) is 6.08. The number of nitrogens with two attached hydrogens (primary N) is 1. The molecule has 0 saturated carbocycles. The van der Waals surface area contributed by atoms with Gasteiger partial charge < -0.3 is 5.73 Å². The van der Waals surface area contributed by atoms with Crippen LogP contribution in [-0.4, -0.2) is 37.6 Å². The summed E-state index contributed by atoms with van der Waals surface area (Å²) in [6.07, 6.45) is 0. The van der Waals surface area contributed by atoms with Gasteiger partial charge in [0.25, 0.3) is 0 Å². The number of hydrogen-bond donors (Lipinski definition) is 1. The number of guanidine groups is 1. The molecule has 1 aliphatic heterocycles. The van der Waals surface area contributed by atoms with E-state index in [1.54, 1.807) is 0 Å². The molecular weight excluding hydrogens is 196 g/mol. The Labute approximate surface area is 74.7 Å². The minimum absolute atomic E-state index is 0.103. The number of sulfonamides is 1. The largest absolute Gasteiger partial charge is 0.369 e. The minimum atomic E-state index is -3.43. The average molecular weight is 204 g/mol. The van der Waals surface area contributed by atoms with Crippen molar-refractivity contribution in [2.45, 2.75) is 0 Å². The average Bonchev–Trinajstić information content (AvgIpc) is 2.02. The number of aliphatic imine (C=N–C) groups is 1. The molecular formula is C4H8N6O2S. The van der Waals surface area contributed by atoms with E-state index in [2.05, 4.69) is 15.0 Å². The van der Waals surface area contributed by atoms with E-state index in [0.717, 1.165) is 4.31 Å². The second kappa shape index (κ2) is 3.50. The monoisotopic (exact) mass is 204 g/mol. The molecule has 2 N–H and O–H groups in total. The van der Waals surface area contributed by atoms with Crippen molar-refractivity contribution in [1.29, 1.82) is 0 Å². The van der Waals surface area contributed by atoms with Gasteiger partial charge in [0.05, 0.1) is 12.3 Å². The van der Waals surface area contributed by atoms with Gasteiger partial charge in [0, 0.05) is 4.91 Å². The Morgan fingerprint density at radius 1 is 1.77 bits per heavy atom. The van der Waals surface area contributed by atoms with E-state index in [9.17, 15) is 8.42 Å². The van der Waals surface area contributed by atoms with Crippen molar-refractivity contribution in [2.24, 2.45) is 15.8 Å². The first kappa shape index (κ1) is 9.62. The number of hydrogen-bond acceptors (Lipinski definition) is 5. The summed E-state index contributed by atoms with van der Waals surface area (Å²) in [4.78, 5) is 6.16. The molecule has 0 bridgehead atoms. The highest BCUT2D eigenvalue weighted by Crippen LogP contribution is 2.06. The van der Waals surface area contributed by atoms with Gasteiger partial charge in [-0.15, -0.1) is 0 Å². The first-order valence-electron chi connectivity index (χ1n) is 3.39. The number of azide groups is 1. The molecule has 0 radical (unpaired) electrons. The van der Waals surface area contributed by atoms with Crippen molar-refractivity contribution < 1.29 is 8.42 Å². The van der Waals surface area contributed by atoms with Crippen LogP contribution in [0.5, 0.6) is 0 Å². The Morgan fingerprint density at radius 3 is 3.00 bits per heavy atom. The van der Waals surface area contributed by atoms with E-state index in [1.807, 2.05) is 0 Å². The molecule has 72 valence electrons. The predicted octanol–water partition coefficient (Wildman–Crippen LogP) is -0.786. The van der Waals surface area contributed by atoms with Crippen LogP contribution >= 0.6 is 0 Å². The summed E-state index contributed by atoms with van der Waals surface area (Å²) < 4.78 is 23.3. The van der Waals surface area contributed by atoms with Crippen LogP contribution in [0.15, 0.2) is 10.1 Å². The van der Waals surface area contributed by atoms with Crippen molar-refractivity contribution in [3.8, 4) is 0 Å². The summed E-state index contributed by atoms with van der Waals surface area (Å²) >= 11 is 0. The molecule has 0 fully saturated rings. The molecule has 0 aromatic heterocycles. The summed E-state index contributed by atoms with van der Waals surface area (Å²) in [6, 6.07) is 0. The molecule has 0 spiro atoms. The molecule has 9 heteroatoms. The second-order valence-corrected chi connectivity index (χ2v) is 4.29. The summed E-state index contributed by atoms with van der Waals surface area (Å²) in [7, 11) is -3.43. The van der Waals surface area contributed by atoms with E-state index in [0.29, 0.717) is 0 Å². The maximum absolute atomic E-state index is 11.3. The van der Waals surface area contributed by atoms with Gasteiger partial charge in [0.2, 0.25) is 16.0 Å². The molecule has 0 aliphatic carbocycles. The molecule has 1 heterocycles. The van der Waals surface area contributed by atoms with E-state index < -0.39 is 10.0 Å². The summed E-state index contributed by atoms with van der Waals surface area (Å²) in [6.45, 7) is -0.185. The maximum Gasteiger partial charge on any atom is 0.239 e. The van der Waals surface area contributed by atoms with Gasteiger partial charge in [0.15, 0.2) is 0 Å². The first-order valence-corrected chi connectivity index (χ1v) is 5.00. The zero-order valence-electron chi connectivity index (χ0n) is 6.66. The minimum Gasteiger partial charge on any atom is -0.369 e. The van der Waals surface area contributed by atoms with Crippen molar-refractivity contribution >= 4 is 16.0 Å². The third kappa shape index (κ3) is 2.01. The lowest BCUT2D eigenvalue weighted by Gasteiger charge is -2.24. The number of nitrogens with zero attached hydrogens (tertiary/aromatic N) is 5. The Kier molecular flexibility index (Phi) is 2.59. The van der Waals surface area contributed by atoms with E-state index in [1.165, 1.54) is 0 Å². The maximum atomic E-state index is 11.3. The molecule has 1 aliphatic rings. The second-order valence-electron chi connectivity index (χ2n) is 2.28. The zero-order valence-corrected chi connectivity index (χ0v) is 7.48. The smallest absolute Gasteiger partial charge is 0.239 e. The van der Waals surface area contributed by atoms with Gasteiger partial charge in [0.1, 0.15) is 6.67 Å². The number of rotatable bonds is 2. The lowest BCUT2D eigenvalue weighted by molar-refractivity contribution is 0.516. The van der Waals surface area contributed by atoms with Crippen LogP contribution in [0.2, 0.25) is 0 Å². The topological polar surface area (TPSA) is 125 Å². The molecule has 0 amide bonds. The molecule has 0 unspecified atom stereocenters. The Balaban J connectivity index is 2.94. The fourth-order valence-corrected chi connectivity index (χ4v) is 1.97. The van der Waals surface area contributed by atoms with Gasteiger partial charge in [-0.2, -0.15) is 0 Å². The van der Waals surface area contributed by atoms with Crippen LogP contribution in [0.4, 0.5) is 0 Å². The highest BCUT2D eigenvalue weighted by molar-refractivity contribution is 7.89. The molecule has 0 saturated heterocycles.